The third kappa shape index (κ3) is 3.98. The van der Waals surface area contributed by atoms with E-state index in [-0.39, 0.29) is 5.56 Å². The molecule has 0 bridgehead atoms. The molecule has 0 saturated carbocycles. The van der Waals surface area contributed by atoms with E-state index in [0.717, 1.165) is 12.0 Å². The maximum atomic E-state index is 11.5. The van der Waals surface area contributed by atoms with E-state index in [1.54, 1.807) is 18.2 Å². The molecule has 0 radical (unpaired) electrons. The van der Waals surface area contributed by atoms with Gasteiger partial charge < -0.3 is 5.11 Å². The van der Waals surface area contributed by atoms with E-state index in [1.807, 2.05) is 0 Å². The predicted octanol–water partition coefficient (Wildman–Crippen LogP) is 2.21. The molecule has 1 aromatic carbocycles. The second-order valence-electron chi connectivity index (χ2n) is 3.37. The largest absolute Gasteiger partial charge is 0.478 e. The minimum Gasteiger partial charge on any atom is -0.478 e. The molecule has 0 amide bonds. The van der Waals surface area contributed by atoms with Crippen LogP contribution in [0.5, 0.6) is 0 Å². The van der Waals surface area contributed by atoms with Gasteiger partial charge in [-0.15, -0.1) is 6.58 Å². The van der Waals surface area contributed by atoms with Crippen molar-refractivity contribution < 1.29 is 14.1 Å². The van der Waals surface area contributed by atoms with Gasteiger partial charge in [0.15, 0.2) is 0 Å². The smallest absolute Gasteiger partial charge is 0.335 e. The summed E-state index contributed by atoms with van der Waals surface area (Å²) in [6.45, 7) is 3.57. The Morgan fingerprint density at radius 1 is 1.38 bits per heavy atom. The second-order valence-corrected chi connectivity index (χ2v) is 4.94. The minimum atomic E-state index is -0.945. The molecule has 3 nitrogen and oxygen atoms in total. The van der Waals surface area contributed by atoms with Crippen LogP contribution in [0, 0.1) is 0 Å². The van der Waals surface area contributed by atoms with Crippen molar-refractivity contribution >= 4 is 16.8 Å². The van der Waals surface area contributed by atoms with Gasteiger partial charge in [0.25, 0.3) is 0 Å². The lowest BCUT2D eigenvalue weighted by atomic mass is 10.1. The number of carboxylic acids is 1. The van der Waals surface area contributed by atoms with Crippen molar-refractivity contribution in [3.63, 3.8) is 0 Å². The number of benzene rings is 1. The molecule has 0 heterocycles. The summed E-state index contributed by atoms with van der Waals surface area (Å²) in [5.41, 5.74) is 1.15. The molecule has 1 N–H and O–H groups in total. The van der Waals surface area contributed by atoms with Gasteiger partial charge in [0, 0.05) is 22.3 Å². The number of carbonyl (C=O) groups is 1. The van der Waals surface area contributed by atoms with Crippen molar-refractivity contribution in [1.82, 2.24) is 0 Å². The fraction of sp³-hybridized carbons (Fsp3) is 0.250. The number of aromatic carboxylic acids is 1. The summed E-state index contributed by atoms with van der Waals surface area (Å²) in [5, 5.41) is 8.70. The average Bonchev–Trinajstić information content (AvgIpc) is 2.27. The van der Waals surface area contributed by atoms with Crippen LogP contribution in [-0.2, 0) is 16.6 Å². The van der Waals surface area contributed by atoms with E-state index in [2.05, 4.69) is 6.58 Å². The number of hydrogen-bond donors (Lipinski definition) is 1. The third-order valence-corrected chi connectivity index (χ3v) is 3.42. The molecular weight excluding hydrogens is 224 g/mol. The van der Waals surface area contributed by atoms with Gasteiger partial charge >= 0.3 is 5.97 Å². The Labute approximate surface area is 97.3 Å². The van der Waals surface area contributed by atoms with Crippen molar-refractivity contribution in [3.8, 4) is 0 Å². The highest BCUT2D eigenvalue weighted by atomic mass is 32.2. The maximum Gasteiger partial charge on any atom is 0.335 e. The highest BCUT2D eigenvalue weighted by molar-refractivity contribution is 7.84. The Kier molecular flexibility index (Phi) is 4.92. The van der Waals surface area contributed by atoms with Gasteiger partial charge in [-0.05, 0) is 24.1 Å². The summed E-state index contributed by atoms with van der Waals surface area (Å²) >= 11 is 0. The van der Waals surface area contributed by atoms with E-state index >= 15 is 0 Å². The minimum absolute atomic E-state index is 0.251. The topological polar surface area (TPSA) is 54.4 Å². The normalized spacial score (nSPS) is 12.0. The van der Waals surface area contributed by atoms with Gasteiger partial charge in [0.05, 0.1) is 5.56 Å². The van der Waals surface area contributed by atoms with Gasteiger partial charge in [-0.3, -0.25) is 4.21 Å². The zero-order valence-corrected chi connectivity index (χ0v) is 9.70. The first-order chi connectivity index (χ1) is 7.63. The lowest BCUT2D eigenvalue weighted by molar-refractivity contribution is 0.0697. The number of hydrogen-bond acceptors (Lipinski definition) is 2. The Bertz CT molecular complexity index is 395. The summed E-state index contributed by atoms with van der Waals surface area (Å²) in [7, 11) is -0.907. The van der Waals surface area contributed by atoms with Crippen LogP contribution >= 0.6 is 0 Å². The zero-order chi connectivity index (χ0) is 12.0. The van der Waals surface area contributed by atoms with Crippen molar-refractivity contribution in [3.05, 3.63) is 48.0 Å². The maximum absolute atomic E-state index is 11.5. The van der Waals surface area contributed by atoms with Gasteiger partial charge in [-0.1, -0.05) is 18.2 Å². The van der Waals surface area contributed by atoms with Crippen LogP contribution in [0.15, 0.2) is 36.9 Å². The van der Waals surface area contributed by atoms with Crippen molar-refractivity contribution in [2.24, 2.45) is 0 Å². The van der Waals surface area contributed by atoms with Crippen LogP contribution in [-0.4, -0.2) is 21.0 Å². The van der Waals surface area contributed by atoms with E-state index in [0.29, 0.717) is 11.5 Å². The molecule has 0 fully saturated rings. The molecule has 86 valence electrons. The predicted molar refractivity (Wildman–Crippen MR) is 64.9 cm³/mol. The molecule has 1 rings (SSSR count). The third-order valence-electron chi connectivity index (χ3n) is 2.08. The molecular formula is C12H14O3S. The summed E-state index contributed by atoms with van der Waals surface area (Å²) in [5.74, 6) is 0.122. The van der Waals surface area contributed by atoms with Gasteiger partial charge in [0.1, 0.15) is 0 Å². The fourth-order valence-corrected chi connectivity index (χ4v) is 2.35. The number of allylic oxidation sites excluding steroid dienone is 1. The second kappa shape index (κ2) is 6.23. The lowest BCUT2D eigenvalue weighted by Crippen LogP contribution is -2.01. The molecule has 0 spiro atoms. The highest BCUT2D eigenvalue weighted by Crippen LogP contribution is 2.07. The Balaban J connectivity index is 2.58. The fourth-order valence-electron chi connectivity index (χ4n) is 1.22. The van der Waals surface area contributed by atoms with Crippen molar-refractivity contribution in [2.45, 2.75) is 12.2 Å². The van der Waals surface area contributed by atoms with E-state index in [9.17, 15) is 9.00 Å². The Morgan fingerprint density at radius 2 is 2.00 bits per heavy atom. The Morgan fingerprint density at radius 3 is 2.50 bits per heavy atom. The molecule has 1 aromatic rings. The molecule has 0 saturated heterocycles. The monoisotopic (exact) mass is 238 g/mol. The first-order valence-corrected chi connectivity index (χ1v) is 6.40. The lowest BCUT2D eigenvalue weighted by Gasteiger charge is -2.01. The van der Waals surface area contributed by atoms with E-state index in [4.69, 9.17) is 5.11 Å². The molecule has 0 aliphatic rings. The number of carboxylic acid groups (broad SMARTS) is 1. The first-order valence-electron chi connectivity index (χ1n) is 4.91. The van der Waals surface area contributed by atoms with Crippen LogP contribution in [0.2, 0.25) is 0 Å². The van der Waals surface area contributed by atoms with E-state index < -0.39 is 16.8 Å². The summed E-state index contributed by atoms with van der Waals surface area (Å²) in [6, 6.07) is 6.47. The van der Waals surface area contributed by atoms with Crippen LogP contribution in [0.3, 0.4) is 0 Å². The summed E-state index contributed by atoms with van der Waals surface area (Å²) < 4.78 is 11.5. The standard InChI is InChI=1S/C12H14O3S/c1-2-3-8-16(15)9-10-4-6-11(7-5-10)12(13)14/h2,4-7H,1,3,8-9H2,(H,13,14). The van der Waals surface area contributed by atoms with Crippen LogP contribution in [0.25, 0.3) is 0 Å². The highest BCUT2D eigenvalue weighted by Gasteiger charge is 2.04. The van der Waals surface area contributed by atoms with E-state index in [1.165, 1.54) is 12.1 Å². The van der Waals surface area contributed by atoms with Gasteiger partial charge in [-0.25, -0.2) is 4.79 Å². The molecule has 0 aliphatic carbocycles. The van der Waals surface area contributed by atoms with Crippen LogP contribution in [0.4, 0.5) is 0 Å². The van der Waals surface area contributed by atoms with Gasteiger partial charge in [0.2, 0.25) is 0 Å². The van der Waals surface area contributed by atoms with Crippen molar-refractivity contribution in [2.75, 3.05) is 5.75 Å². The average molecular weight is 238 g/mol. The van der Waals surface area contributed by atoms with Crippen LogP contribution in [0.1, 0.15) is 22.3 Å². The van der Waals surface area contributed by atoms with Crippen molar-refractivity contribution in [1.29, 1.82) is 0 Å². The van der Waals surface area contributed by atoms with Gasteiger partial charge in [-0.2, -0.15) is 0 Å². The zero-order valence-electron chi connectivity index (χ0n) is 8.89. The first kappa shape index (κ1) is 12.6. The molecule has 1 unspecified atom stereocenters. The molecule has 0 aromatic heterocycles. The SMILES string of the molecule is C=CCCS(=O)Cc1ccc(C(=O)O)cc1. The molecule has 4 heteroatoms. The molecule has 1 atom stereocenters. The molecule has 0 aliphatic heterocycles. The summed E-state index contributed by atoms with van der Waals surface area (Å²) in [6.07, 6.45) is 2.48. The van der Waals surface area contributed by atoms with Crippen LogP contribution < -0.4 is 0 Å². The summed E-state index contributed by atoms with van der Waals surface area (Å²) in [4.78, 5) is 10.6. The Hall–Kier alpha value is -1.42. The molecule has 16 heavy (non-hydrogen) atoms. The quantitative estimate of drug-likeness (QED) is 0.773. The number of rotatable bonds is 6.